The number of ether oxygens (including phenoxy) is 1. The van der Waals surface area contributed by atoms with Gasteiger partial charge in [-0.1, -0.05) is 222 Å². The number of unbranched alkanes of at least 4 members (excludes halogenated alkanes) is 25. The Hall–Kier alpha value is -2.81. The van der Waals surface area contributed by atoms with Crippen LogP contribution in [0.4, 0.5) is 0 Å². The summed E-state index contributed by atoms with van der Waals surface area (Å²) in [5.41, 5.74) is 0. The molecule has 0 bridgehead atoms. The average Bonchev–Trinajstić information content (AvgIpc) is 3.33. The van der Waals surface area contributed by atoms with Crippen molar-refractivity contribution < 1.29 is 37.3 Å². The zero-order valence-corrected chi connectivity index (χ0v) is 47.6. The highest BCUT2D eigenvalue weighted by molar-refractivity contribution is 7.47. The van der Waals surface area contributed by atoms with E-state index in [4.69, 9.17) is 13.8 Å². The van der Waals surface area contributed by atoms with Crippen LogP contribution in [0.25, 0.3) is 0 Å². The molecule has 0 aromatic carbocycles. The van der Waals surface area contributed by atoms with Crippen molar-refractivity contribution >= 4 is 19.7 Å². The Kier molecular flexibility index (Phi) is 48.7. The van der Waals surface area contributed by atoms with Crippen LogP contribution < -0.4 is 5.32 Å². The largest absolute Gasteiger partial charge is 0.472 e. The Balaban J connectivity index is 5.39. The van der Waals surface area contributed by atoms with Crippen molar-refractivity contribution in [3.8, 4) is 0 Å². The van der Waals surface area contributed by atoms with E-state index in [-0.39, 0.29) is 31.5 Å². The number of amides is 1. The number of esters is 1. The summed E-state index contributed by atoms with van der Waals surface area (Å²) in [7, 11) is 1.46. The highest BCUT2D eigenvalue weighted by Crippen LogP contribution is 2.43. The quantitative estimate of drug-likeness (QED) is 0.0156. The Morgan fingerprint density at radius 2 is 0.958 bits per heavy atom. The van der Waals surface area contributed by atoms with Crippen molar-refractivity contribution in [3.63, 3.8) is 0 Å². The van der Waals surface area contributed by atoms with Crippen LogP contribution in [0.1, 0.15) is 239 Å². The first-order valence-electron chi connectivity index (χ1n) is 28.9. The smallest absolute Gasteiger partial charge is 0.456 e. The van der Waals surface area contributed by atoms with Gasteiger partial charge in [0.05, 0.1) is 33.8 Å². The van der Waals surface area contributed by atoms with Crippen molar-refractivity contribution in [3.05, 3.63) is 85.1 Å². The van der Waals surface area contributed by atoms with Crippen molar-refractivity contribution in [1.82, 2.24) is 5.32 Å². The molecule has 0 aliphatic heterocycles. The van der Waals surface area contributed by atoms with Gasteiger partial charge in [-0.25, -0.2) is 4.57 Å². The summed E-state index contributed by atoms with van der Waals surface area (Å²) < 4.78 is 30.6. The molecule has 3 unspecified atom stereocenters. The van der Waals surface area contributed by atoms with Crippen LogP contribution in [0.3, 0.4) is 0 Å². The number of carbonyl (C=O) groups excluding carboxylic acids is 2. The number of rotatable bonds is 51. The number of allylic oxidation sites excluding steroid dienone is 13. The standard InChI is InChI=1S/C61H109N2O7P/c1-7-10-13-16-19-22-25-28-29-30-31-32-33-36-39-42-45-48-51-54-61(65)70-59(52-49-46-43-40-37-34-26-23-20-17-14-11-8-2)58(57-69-71(66,67)68-56-55-63(4,5)6)62-60(64)53-50-47-44-41-38-35-27-24-21-18-15-12-9-3/h12,15,18-19,21-22,24,27-29,31-32,49,52,58-59H,7-11,13-14,16-17,20,23,25-26,30,33-48,50-51,53-57H2,1-6H3,(H-,62,64,66,67)/p+1/b15-12+,21-18+,22-19-,27-24-,29-28-,32-31-,52-49-. The Bertz CT molecular complexity index is 1490. The maximum Gasteiger partial charge on any atom is 0.472 e. The number of likely N-dealkylation sites (N-methyl/N-ethyl adjacent to an activating group) is 1. The van der Waals surface area contributed by atoms with Gasteiger partial charge in [-0.05, 0) is 89.5 Å². The van der Waals surface area contributed by atoms with Crippen molar-refractivity contribution in [2.45, 2.75) is 251 Å². The number of quaternary nitrogens is 1. The first kappa shape index (κ1) is 68.2. The molecule has 0 radical (unpaired) electrons. The monoisotopic (exact) mass is 1010 g/mol. The van der Waals surface area contributed by atoms with E-state index in [0.717, 1.165) is 109 Å². The van der Waals surface area contributed by atoms with E-state index in [0.29, 0.717) is 17.4 Å². The normalized spacial score (nSPS) is 14.4. The molecule has 71 heavy (non-hydrogen) atoms. The van der Waals surface area contributed by atoms with Crippen LogP contribution in [0, 0.1) is 0 Å². The second-order valence-corrected chi connectivity index (χ2v) is 21.9. The molecule has 410 valence electrons. The fourth-order valence-electron chi connectivity index (χ4n) is 7.89. The van der Waals surface area contributed by atoms with Crippen molar-refractivity contribution in [1.29, 1.82) is 0 Å². The van der Waals surface area contributed by atoms with Crippen molar-refractivity contribution in [2.24, 2.45) is 0 Å². The number of phosphoric ester groups is 1. The number of nitrogens with one attached hydrogen (secondary N) is 1. The fourth-order valence-corrected chi connectivity index (χ4v) is 8.62. The van der Waals surface area contributed by atoms with Gasteiger partial charge in [0, 0.05) is 12.8 Å². The third-order valence-electron chi connectivity index (χ3n) is 12.4. The summed E-state index contributed by atoms with van der Waals surface area (Å²) in [6.07, 6.45) is 65.7. The first-order valence-corrected chi connectivity index (χ1v) is 30.4. The molecule has 0 aliphatic carbocycles. The molecule has 9 nitrogen and oxygen atoms in total. The minimum Gasteiger partial charge on any atom is -0.456 e. The summed E-state index contributed by atoms with van der Waals surface area (Å²) in [5, 5.41) is 3.03. The highest BCUT2D eigenvalue weighted by Gasteiger charge is 2.30. The van der Waals surface area contributed by atoms with E-state index in [1.807, 2.05) is 39.4 Å². The van der Waals surface area contributed by atoms with Gasteiger partial charge in [0.1, 0.15) is 19.3 Å². The van der Waals surface area contributed by atoms with E-state index >= 15 is 0 Å². The van der Waals surface area contributed by atoms with Gasteiger partial charge in [-0.15, -0.1) is 0 Å². The molecule has 0 aromatic heterocycles. The summed E-state index contributed by atoms with van der Waals surface area (Å²) in [5.74, 6) is -0.547. The second kappa shape index (κ2) is 50.7. The zero-order chi connectivity index (χ0) is 52.2. The van der Waals surface area contributed by atoms with Gasteiger partial charge < -0.3 is 19.4 Å². The lowest BCUT2D eigenvalue weighted by Gasteiger charge is -2.27. The van der Waals surface area contributed by atoms with Crippen LogP contribution in [0.2, 0.25) is 0 Å². The summed E-state index contributed by atoms with van der Waals surface area (Å²) in [4.78, 5) is 37.6. The Morgan fingerprint density at radius 3 is 1.49 bits per heavy atom. The third kappa shape index (κ3) is 51.9. The van der Waals surface area contributed by atoms with Gasteiger partial charge in [0.25, 0.3) is 0 Å². The molecule has 0 rings (SSSR count). The van der Waals surface area contributed by atoms with E-state index in [9.17, 15) is 19.0 Å². The number of nitrogens with zero attached hydrogens (tertiary/aromatic N) is 1. The number of carbonyl (C=O) groups is 2. The molecule has 1 amide bonds. The zero-order valence-electron chi connectivity index (χ0n) is 46.7. The van der Waals surface area contributed by atoms with Crippen LogP contribution >= 0.6 is 7.82 Å². The summed E-state index contributed by atoms with van der Waals surface area (Å²) in [6, 6.07) is -0.867. The van der Waals surface area contributed by atoms with E-state index in [1.165, 1.54) is 96.3 Å². The average molecular weight is 1010 g/mol. The molecule has 2 N–H and O–H groups in total. The SMILES string of the molecule is CC/C=C/C=C/C=C\CCCCCCCC(=O)NC(COP(=O)(O)OCC[N+](C)(C)C)C(/C=C\CCCCCCCCCCCCC)OC(=O)CCCCCCCC/C=C\C/C=C\C/C=C\CCCCC. The second-order valence-electron chi connectivity index (χ2n) is 20.5. The van der Waals surface area contributed by atoms with Crippen LogP contribution in [-0.4, -0.2) is 74.3 Å². The Morgan fingerprint density at radius 1 is 0.521 bits per heavy atom. The van der Waals surface area contributed by atoms with Gasteiger partial charge in [-0.3, -0.25) is 18.6 Å². The highest BCUT2D eigenvalue weighted by atomic mass is 31.2. The predicted molar refractivity (Wildman–Crippen MR) is 304 cm³/mol. The first-order chi connectivity index (χ1) is 34.4. The molecule has 0 saturated carbocycles. The van der Waals surface area contributed by atoms with Crippen LogP contribution in [0.15, 0.2) is 85.1 Å². The van der Waals surface area contributed by atoms with Crippen LogP contribution in [0.5, 0.6) is 0 Å². The van der Waals surface area contributed by atoms with Gasteiger partial charge in [0.15, 0.2) is 0 Å². The van der Waals surface area contributed by atoms with E-state index < -0.39 is 20.0 Å². The summed E-state index contributed by atoms with van der Waals surface area (Å²) >= 11 is 0. The number of hydrogen-bond acceptors (Lipinski definition) is 6. The third-order valence-corrected chi connectivity index (χ3v) is 13.4. The lowest BCUT2D eigenvalue weighted by atomic mass is 10.0. The lowest BCUT2D eigenvalue weighted by Crippen LogP contribution is -2.47. The number of hydrogen-bond donors (Lipinski definition) is 2. The molecule has 0 spiro atoms. The van der Waals surface area contributed by atoms with Crippen LogP contribution in [-0.2, 0) is 27.9 Å². The topological polar surface area (TPSA) is 111 Å². The maximum atomic E-state index is 13.5. The predicted octanol–water partition coefficient (Wildman–Crippen LogP) is 17.4. The van der Waals surface area contributed by atoms with Crippen molar-refractivity contribution in [2.75, 3.05) is 40.9 Å². The lowest BCUT2D eigenvalue weighted by molar-refractivity contribution is -0.870. The molecule has 10 heteroatoms. The molecule has 0 aliphatic rings. The molecule has 0 heterocycles. The maximum absolute atomic E-state index is 13.5. The summed E-state index contributed by atoms with van der Waals surface area (Å²) in [6.45, 7) is 6.82. The van der Waals surface area contributed by atoms with Gasteiger partial charge in [-0.2, -0.15) is 0 Å². The molecular formula is C61H110N2O7P+. The molecule has 0 aromatic rings. The van der Waals surface area contributed by atoms with Gasteiger partial charge in [0.2, 0.25) is 5.91 Å². The van der Waals surface area contributed by atoms with E-state index in [2.05, 4.69) is 92.9 Å². The Labute approximate surface area is 437 Å². The van der Waals surface area contributed by atoms with Gasteiger partial charge >= 0.3 is 13.8 Å². The fraction of sp³-hybridized carbons (Fsp3) is 0.738. The number of phosphoric acid groups is 1. The minimum atomic E-state index is -4.46. The molecular weight excluding hydrogens is 904 g/mol. The van der Waals surface area contributed by atoms with E-state index in [1.54, 1.807) is 0 Å². The molecule has 3 atom stereocenters. The minimum absolute atomic E-state index is 0.0299. The molecule has 0 fully saturated rings. The molecule has 0 saturated heterocycles.